The highest BCUT2D eigenvalue weighted by atomic mass is 35.5. The molecule has 0 aromatic rings. The fraction of sp³-hybridized carbons (Fsp3) is 0.182. The summed E-state index contributed by atoms with van der Waals surface area (Å²) in [6, 6.07) is 0. The second kappa shape index (κ2) is 6.44. The molecule has 13 heavy (non-hydrogen) atoms. The van der Waals surface area contributed by atoms with Gasteiger partial charge in [0.1, 0.15) is 0 Å². The van der Waals surface area contributed by atoms with Crippen LogP contribution in [0.15, 0.2) is 52.2 Å². The molecule has 1 nitrogen and oxygen atoms in total. The van der Waals surface area contributed by atoms with E-state index in [1.165, 1.54) is 0 Å². The van der Waals surface area contributed by atoms with Gasteiger partial charge in [-0.25, -0.2) is 0 Å². The minimum atomic E-state index is 0.653. The predicted octanol–water partition coefficient (Wildman–Crippen LogP) is 3.85. The molecule has 0 unspecified atom stereocenters. The maximum Gasteiger partial charge on any atom is 0.0666 e. The van der Waals surface area contributed by atoms with Crippen molar-refractivity contribution in [2.45, 2.75) is 13.8 Å². The monoisotopic (exact) mass is 195 g/mol. The van der Waals surface area contributed by atoms with Gasteiger partial charge in [0.15, 0.2) is 0 Å². The van der Waals surface area contributed by atoms with Crippen LogP contribution in [-0.2, 0) is 0 Å². The maximum absolute atomic E-state index is 5.98. The Kier molecular flexibility index (Phi) is 5.90. The summed E-state index contributed by atoms with van der Waals surface area (Å²) in [5, 5.41) is 0.653. The second-order valence-electron chi connectivity index (χ2n) is 2.28. The molecule has 0 aromatic carbocycles. The smallest absolute Gasteiger partial charge is 0.0666 e. The zero-order valence-electron chi connectivity index (χ0n) is 8.05. The summed E-state index contributed by atoms with van der Waals surface area (Å²) in [7, 11) is 0. The van der Waals surface area contributed by atoms with Gasteiger partial charge in [0, 0.05) is 10.6 Å². The molecular weight excluding hydrogens is 182 g/mol. The molecule has 0 atom stereocenters. The summed E-state index contributed by atoms with van der Waals surface area (Å²) in [5.41, 5.74) is 1.61. The molecule has 0 aliphatic rings. The molecule has 0 aromatic heterocycles. The highest BCUT2D eigenvalue weighted by Crippen LogP contribution is 2.23. The topological polar surface area (TPSA) is 12.4 Å². The van der Waals surface area contributed by atoms with Crippen LogP contribution in [0.5, 0.6) is 0 Å². The van der Waals surface area contributed by atoms with Crippen LogP contribution >= 0.6 is 11.6 Å². The number of allylic oxidation sites excluding steroid dienone is 5. The molecule has 0 spiro atoms. The minimum absolute atomic E-state index is 0.653. The van der Waals surface area contributed by atoms with E-state index in [9.17, 15) is 0 Å². The van der Waals surface area contributed by atoms with E-state index in [1.807, 2.05) is 32.1 Å². The van der Waals surface area contributed by atoms with Crippen LogP contribution < -0.4 is 0 Å². The molecule has 0 aliphatic carbocycles. The van der Waals surface area contributed by atoms with E-state index in [2.05, 4.69) is 18.3 Å². The largest absolute Gasteiger partial charge is 0.264 e. The third kappa shape index (κ3) is 3.43. The van der Waals surface area contributed by atoms with Crippen LogP contribution in [0.1, 0.15) is 13.8 Å². The van der Waals surface area contributed by atoms with Crippen LogP contribution in [0.2, 0.25) is 0 Å². The van der Waals surface area contributed by atoms with Crippen molar-refractivity contribution < 1.29 is 0 Å². The Balaban J connectivity index is 5.15. The van der Waals surface area contributed by atoms with Gasteiger partial charge >= 0.3 is 0 Å². The lowest BCUT2D eigenvalue weighted by molar-refractivity contribution is 1.32. The van der Waals surface area contributed by atoms with Crippen LogP contribution in [0.4, 0.5) is 0 Å². The summed E-state index contributed by atoms with van der Waals surface area (Å²) in [5.74, 6) is 0. The van der Waals surface area contributed by atoms with E-state index < -0.39 is 0 Å². The Morgan fingerprint density at radius 1 is 1.31 bits per heavy atom. The van der Waals surface area contributed by atoms with Gasteiger partial charge in [0.05, 0.1) is 5.70 Å². The van der Waals surface area contributed by atoms with E-state index in [0.717, 1.165) is 11.3 Å². The average molecular weight is 196 g/mol. The van der Waals surface area contributed by atoms with E-state index in [4.69, 9.17) is 11.6 Å². The lowest BCUT2D eigenvalue weighted by atomic mass is 10.1. The quantitative estimate of drug-likeness (QED) is 0.478. The first-order valence-corrected chi connectivity index (χ1v) is 4.37. The van der Waals surface area contributed by atoms with Crippen LogP contribution in [0.25, 0.3) is 0 Å². The van der Waals surface area contributed by atoms with Gasteiger partial charge in [-0.15, -0.1) is 0 Å². The van der Waals surface area contributed by atoms with E-state index in [1.54, 1.807) is 6.08 Å². The van der Waals surface area contributed by atoms with E-state index >= 15 is 0 Å². The van der Waals surface area contributed by atoms with Crippen LogP contribution in [-0.4, -0.2) is 6.72 Å². The van der Waals surface area contributed by atoms with Crippen molar-refractivity contribution >= 4 is 18.3 Å². The molecule has 0 heterocycles. The first-order valence-electron chi connectivity index (χ1n) is 3.99. The Labute approximate surface area is 84.8 Å². The van der Waals surface area contributed by atoms with Crippen molar-refractivity contribution in [2.24, 2.45) is 4.99 Å². The van der Waals surface area contributed by atoms with Gasteiger partial charge in [-0.05, 0) is 20.6 Å². The third-order valence-electron chi connectivity index (χ3n) is 1.52. The highest BCUT2D eigenvalue weighted by Gasteiger charge is 2.04. The fourth-order valence-corrected chi connectivity index (χ4v) is 1.05. The summed E-state index contributed by atoms with van der Waals surface area (Å²) >= 11 is 5.98. The SMILES string of the molecule is C=C/C=C(C(/Cl)=C\C)\C(=C/C)N=C. The molecule has 0 aliphatic heterocycles. The molecule has 70 valence electrons. The number of rotatable bonds is 4. The number of nitrogens with zero attached hydrogens (tertiary/aromatic N) is 1. The van der Waals surface area contributed by atoms with E-state index in [-0.39, 0.29) is 0 Å². The molecule has 2 heteroatoms. The van der Waals surface area contributed by atoms with Crippen molar-refractivity contribution in [3.63, 3.8) is 0 Å². The lowest BCUT2D eigenvalue weighted by Gasteiger charge is -2.04. The predicted molar refractivity (Wildman–Crippen MR) is 61.2 cm³/mol. The second-order valence-corrected chi connectivity index (χ2v) is 2.69. The number of hydrogen-bond donors (Lipinski definition) is 0. The molecule has 0 bridgehead atoms. The van der Waals surface area contributed by atoms with Crippen LogP contribution in [0.3, 0.4) is 0 Å². The van der Waals surface area contributed by atoms with Gasteiger partial charge in [0.25, 0.3) is 0 Å². The Morgan fingerprint density at radius 3 is 2.23 bits per heavy atom. The van der Waals surface area contributed by atoms with E-state index in [0.29, 0.717) is 5.03 Å². The summed E-state index contributed by atoms with van der Waals surface area (Å²) in [6.45, 7) is 10.8. The Hall–Kier alpha value is -1.08. The molecule has 0 fully saturated rings. The molecule has 0 saturated heterocycles. The molecule has 0 radical (unpaired) electrons. The maximum atomic E-state index is 5.98. The summed E-state index contributed by atoms with van der Waals surface area (Å²) in [6.07, 6.45) is 7.15. The molecule has 0 rings (SSSR count). The van der Waals surface area contributed by atoms with Crippen molar-refractivity contribution in [2.75, 3.05) is 0 Å². The van der Waals surface area contributed by atoms with Gasteiger partial charge in [-0.2, -0.15) is 0 Å². The average Bonchev–Trinajstić information content (AvgIpc) is 2.17. The Bertz CT molecular complexity index is 282. The summed E-state index contributed by atoms with van der Waals surface area (Å²) < 4.78 is 0. The standard InChI is InChI=1S/C11H14ClN/c1-5-8-9(10(12)6-2)11(7-3)13-4/h5-8H,1,4H2,2-3H3/b9-8-,10-6+,11-7+. The normalized spacial score (nSPS) is 14.2. The number of halogens is 1. The van der Waals surface area contributed by atoms with Crippen molar-refractivity contribution in [3.05, 3.63) is 47.2 Å². The van der Waals surface area contributed by atoms with Crippen molar-refractivity contribution in [1.82, 2.24) is 0 Å². The number of aliphatic imine (C=N–C) groups is 1. The highest BCUT2D eigenvalue weighted by molar-refractivity contribution is 6.32. The summed E-state index contributed by atoms with van der Waals surface area (Å²) in [4.78, 5) is 3.86. The fourth-order valence-electron chi connectivity index (χ4n) is 0.893. The molecule has 0 saturated carbocycles. The Morgan fingerprint density at radius 2 is 1.92 bits per heavy atom. The van der Waals surface area contributed by atoms with Gasteiger partial charge < -0.3 is 0 Å². The lowest BCUT2D eigenvalue weighted by Crippen LogP contribution is -1.86. The zero-order chi connectivity index (χ0) is 10.3. The van der Waals surface area contributed by atoms with Crippen molar-refractivity contribution in [3.8, 4) is 0 Å². The first kappa shape index (κ1) is 11.9. The van der Waals surface area contributed by atoms with Crippen LogP contribution in [0, 0.1) is 0 Å². The van der Waals surface area contributed by atoms with Gasteiger partial charge in [-0.1, -0.05) is 42.5 Å². The minimum Gasteiger partial charge on any atom is -0.264 e. The van der Waals surface area contributed by atoms with Gasteiger partial charge in [-0.3, -0.25) is 4.99 Å². The number of hydrogen-bond acceptors (Lipinski definition) is 1. The third-order valence-corrected chi connectivity index (χ3v) is 1.94. The molecular formula is C11H14ClN. The molecule has 0 amide bonds. The zero-order valence-corrected chi connectivity index (χ0v) is 8.80. The first-order chi connectivity index (χ1) is 6.21. The van der Waals surface area contributed by atoms with Crippen molar-refractivity contribution in [1.29, 1.82) is 0 Å². The van der Waals surface area contributed by atoms with Gasteiger partial charge in [0.2, 0.25) is 0 Å². The molecule has 0 N–H and O–H groups in total.